The van der Waals surface area contributed by atoms with E-state index in [1.54, 1.807) is 7.11 Å². The Labute approximate surface area is 114 Å². The largest absolute Gasteiger partial charge is 0.496 e. The molecule has 4 heteroatoms. The van der Waals surface area contributed by atoms with Gasteiger partial charge in [0.05, 0.1) is 19.3 Å². The van der Waals surface area contributed by atoms with Crippen LogP contribution in [-0.2, 0) is 13.1 Å². The number of para-hydroxylation sites is 1. The Morgan fingerprint density at radius 3 is 2.89 bits per heavy atom. The average molecular weight is 259 g/mol. The van der Waals surface area contributed by atoms with E-state index in [0.717, 1.165) is 37.4 Å². The molecule has 0 aliphatic heterocycles. The minimum absolute atomic E-state index is 0.736. The Hall–Kier alpha value is -1.81. The molecule has 0 spiro atoms. The normalized spacial score (nSPS) is 10.6. The molecule has 1 aromatic carbocycles. The minimum atomic E-state index is 0.736. The maximum absolute atomic E-state index is 5.38. The number of methoxy groups -OCH3 is 1. The van der Waals surface area contributed by atoms with Crippen molar-refractivity contribution in [1.82, 2.24) is 15.1 Å². The summed E-state index contributed by atoms with van der Waals surface area (Å²) in [6, 6.07) is 10.1. The van der Waals surface area contributed by atoms with E-state index in [4.69, 9.17) is 4.74 Å². The van der Waals surface area contributed by atoms with Crippen LogP contribution in [0.4, 0.5) is 0 Å². The van der Waals surface area contributed by atoms with Gasteiger partial charge >= 0.3 is 0 Å². The van der Waals surface area contributed by atoms with Crippen molar-refractivity contribution in [3.63, 3.8) is 0 Å². The zero-order chi connectivity index (χ0) is 13.5. The molecule has 4 nitrogen and oxygen atoms in total. The van der Waals surface area contributed by atoms with Crippen LogP contribution in [0.1, 0.15) is 24.6 Å². The van der Waals surface area contributed by atoms with Gasteiger partial charge in [-0.1, -0.05) is 25.1 Å². The quantitative estimate of drug-likeness (QED) is 0.776. The van der Waals surface area contributed by atoms with Gasteiger partial charge in [-0.2, -0.15) is 5.10 Å². The van der Waals surface area contributed by atoms with Crippen LogP contribution in [0.15, 0.2) is 36.5 Å². The van der Waals surface area contributed by atoms with E-state index in [9.17, 15) is 0 Å². The Balaban J connectivity index is 2.08. The lowest BCUT2D eigenvalue weighted by molar-refractivity contribution is 0.406. The van der Waals surface area contributed by atoms with E-state index in [2.05, 4.69) is 29.5 Å². The second-order valence-electron chi connectivity index (χ2n) is 4.47. The lowest BCUT2D eigenvalue weighted by atomic mass is 10.2. The van der Waals surface area contributed by atoms with Gasteiger partial charge in [-0.15, -0.1) is 0 Å². The molecule has 0 aliphatic rings. The molecule has 0 saturated heterocycles. The highest BCUT2D eigenvalue weighted by molar-refractivity contribution is 5.33. The van der Waals surface area contributed by atoms with Gasteiger partial charge in [-0.3, -0.25) is 4.68 Å². The molecule has 0 saturated carbocycles. The number of hydrogen-bond donors (Lipinski definition) is 1. The van der Waals surface area contributed by atoms with Gasteiger partial charge in [0.2, 0.25) is 0 Å². The maximum Gasteiger partial charge on any atom is 0.123 e. The molecule has 2 rings (SSSR count). The van der Waals surface area contributed by atoms with E-state index in [1.165, 1.54) is 5.69 Å². The van der Waals surface area contributed by atoms with E-state index in [-0.39, 0.29) is 0 Å². The first-order chi connectivity index (χ1) is 9.35. The highest BCUT2D eigenvalue weighted by Gasteiger charge is 2.06. The van der Waals surface area contributed by atoms with E-state index >= 15 is 0 Å². The Bertz CT molecular complexity index is 508. The fourth-order valence-electron chi connectivity index (χ4n) is 2.04. The fraction of sp³-hybridized carbons (Fsp3) is 0.400. The molecule has 0 fully saturated rings. The van der Waals surface area contributed by atoms with Gasteiger partial charge in [0.15, 0.2) is 0 Å². The van der Waals surface area contributed by atoms with Crippen LogP contribution in [0.2, 0.25) is 0 Å². The van der Waals surface area contributed by atoms with E-state index < -0.39 is 0 Å². The topological polar surface area (TPSA) is 39.1 Å². The third-order valence-corrected chi connectivity index (χ3v) is 3.05. The number of hydrogen-bond acceptors (Lipinski definition) is 3. The van der Waals surface area contributed by atoms with Gasteiger partial charge in [0.25, 0.3) is 0 Å². The van der Waals surface area contributed by atoms with Gasteiger partial charge in [-0.25, -0.2) is 0 Å². The number of ether oxygens (including phenoxy) is 1. The van der Waals surface area contributed by atoms with Crippen LogP contribution < -0.4 is 10.1 Å². The Morgan fingerprint density at radius 1 is 1.26 bits per heavy atom. The number of benzene rings is 1. The fourth-order valence-corrected chi connectivity index (χ4v) is 2.04. The molecular weight excluding hydrogens is 238 g/mol. The molecule has 1 heterocycles. The first kappa shape index (κ1) is 13.6. The SMILES string of the molecule is CCCNCc1ccnn1Cc1ccccc1OC. The summed E-state index contributed by atoms with van der Waals surface area (Å²) in [6.45, 7) is 4.78. The molecule has 2 aromatic rings. The summed E-state index contributed by atoms with van der Waals surface area (Å²) in [4.78, 5) is 0. The standard InChI is InChI=1S/C15H21N3O/c1-3-9-16-11-14-8-10-17-18(14)12-13-6-4-5-7-15(13)19-2/h4-8,10,16H,3,9,11-12H2,1-2H3. The predicted octanol–water partition coefficient (Wildman–Crippen LogP) is 2.44. The third kappa shape index (κ3) is 3.58. The first-order valence-electron chi connectivity index (χ1n) is 6.68. The van der Waals surface area contributed by atoms with Gasteiger partial charge in [0, 0.05) is 18.3 Å². The Morgan fingerprint density at radius 2 is 2.11 bits per heavy atom. The summed E-state index contributed by atoms with van der Waals surface area (Å²) in [7, 11) is 1.70. The van der Waals surface area contributed by atoms with Crippen molar-refractivity contribution in [3.05, 3.63) is 47.8 Å². The van der Waals surface area contributed by atoms with Crippen molar-refractivity contribution < 1.29 is 4.74 Å². The molecule has 1 aromatic heterocycles. The molecule has 0 aliphatic carbocycles. The van der Waals surface area contributed by atoms with Crippen molar-refractivity contribution in [3.8, 4) is 5.75 Å². The summed E-state index contributed by atoms with van der Waals surface area (Å²) >= 11 is 0. The monoisotopic (exact) mass is 259 g/mol. The molecular formula is C15H21N3O. The minimum Gasteiger partial charge on any atom is -0.496 e. The number of aromatic nitrogens is 2. The summed E-state index contributed by atoms with van der Waals surface area (Å²) in [5.74, 6) is 0.908. The lowest BCUT2D eigenvalue weighted by Crippen LogP contribution is -2.17. The molecule has 0 radical (unpaired) electrons. The lowest BCUT2D eigenvalue weighted by Gasteiger charge is -2.11. The highest BCUT2D eigenvalue weighted by Crippen LogP contribution is 2.18. The van der Waals surface area contributed by atoms with Crippen molar-refractivity contribution >= 4 is 0 Å². The number of rotatable bonds is 7. The van der Waals surface area contributed by atoms with Crippen molar-refractivity contribution in [2.75, 3.05) is 13.7 Å². The second-order valence-corrected chi connectivity index (χ2v) is 4.47. The van der Waals surface area contributed by atoms with Crippen LogP contribution in [-0.4, -0.2) is 23.4 Å². The smallest absolute Gasteiger partial charge is 0.123 e. The van der Waals surface area contributed by atoms with Crippen molar-refractivity contribution in [1.29, 1.82) is 0 Å². The molecule has 0 bridgehead atoms. The maximum atomic E-state index is 5.38. The number of nitrogens with zero attached hydrogens (tertiary/aromatic N) is 2. The zero-order valence-corrected chi connectivity index (χ0v) is 11.6. The van der Waals surface area contributed by atoms with E-state index in [0.29, 0.717) is 0 Å². The Kier molecular flexibility index (Phi) is 4.98. The van der Waals surface area contributed by atoms with Crippen LogP contribution in [0, 0.1) is 0 Å². The summed E-state index contributed by atoms with van der Waals surface area (Å²) in [6.07, 6.45) is 2.99. The van der Waals surface area contributed by atoms with Gasteiger partial charge < -0.3 is 10.1 Å². The second kappa shape index (κ2) is 6.95. The summed E-state index contributed by atoms with van der Waals surface area (Å²) in [5.41, 5.74) is 2.34. The molecule has 1 N–H and O–H groups in total. The molecule has 102 valence electrons. The predicted molar refractivity (Wildman–Crippen MR) is 76.3 cm³/mol. The van der Waals surface area contributed by atoms with Gasteiger partial charge in [-0.05, 0) is 25.1 Å². The summed E-state index contributed by atoms with van der Waals surface area (Å²) in [5, 5.41) is 7.79. The molecule has 0 amide bonds. The molecule has 0 atom stereocenters. The van der Waals surface area contributed by atoms with Crippen molar-refractivity contribution in [2.24, 2.45) is 0 Å². The zero-order valence-electron chi connectivity index (χ0n) is 11.6. The van der Waals surface area contributed by atoms with Crippen LogP contribution >= 0.6 is 0 Å². The van der Waals surface area contributed by atoms with Crippen LogP contribution in [0.5, 0.6) is 5.75 Å². The van der Waals surface area contributed by atoms with Crippen LogP contribution in [0.3, 0.4) is 0 Å². The third-order valence-electron chi connectivity index (χ3n) is 3.05. The van der Waals surface area contributed by atoms with Crippen molar-refractivity contribution in [2.45, 2.75) is 26.4 Å². The van der Waals surface area contributed by atoms with Gasteiger partial charge in [0.1, 0.15) is 5.75 Å². The molecule has 0 unspecified atom stereocenters. The highest BCUT2D eigenvalue weighted by atomic mass is 16.5. The van der Waals surface area contributed by atoms with Crippen LogP contribution in [0.25, 0.3) is 0 Å². The average Bonchev–Trinajstić information content (AvgIpc) is 2.87. The van der Waals surface area contributed by atoms with E-state index in [1.807, 2.05) is 29.1 Å². The first-order valence-corrected chi connectivity index (χ1v) is 6.68. The molecule has 19 heavy (non-hydrogen) atoms. The summed E-state index contributed by atoms with van der Waals surface area (Å²) < 4.78 is 7.39. The number of nitrogens with one attached hydrogen (secondary N) is 1.